The SMILES string of the molecule is C=CC(=O)Cc1cccc(Nc2cc(N3CCCC(N)C3)nc3c(CC)cnn23)c1. The van der Waals surface area contributed by atoms with Gasteiger partial charge in [-0.2, -0.15) is 9.61 Å². The van der Waals surface area contributed by atoms with Crippen molar-refractivity contribution in [2.45, 2.75) is 38.6 Å². The van der Waals surface area contributed by atoms with E-state index in [-0.39, 0.29) is 11.8 Å². The second kappa shape index (κ2) is 8.67. The molecule has 1 unspecified atom stereocenters. The van der Waals surface area contributed by atoms with Crippen molar-refractivity contribution in [2.75, 3.05) is 23.3 Å². The molecule has 2 aromatic heterocycles. The standard InChI is InChI=1S/C23H28N6O/c1-3-17-14-25-29-22(26-19-9-5-7-16(11-19)12-20(30)4-2)13-21(27-23(17)29)28-10-6-8-18(24)15-28/h4-5,7,9,11,13-14,18,26H,2-3,6,8,10,12,15,24H2,1H3. The minimum atomic E-state index is 0.00170. The molecule has 0 amide bonds. The summed E-state index contributed by atoms with van der Waals surface area (Å²) in [6, 6.07) is 10.0. The van der Waals surface area contributed by atoms with Gasteiger partial charge < -0.3 is 16.0 Å². The van der Waals surface area contributed by atoms with Gasteiger partial charge in [0.05, 0.1) is 6.20 Å². The molecule has 1 aromatic carbocycles. The van der Waals surface area contributed by atoms with Crippen molar-refractivity contribution in [3.8, 4) is 0 Å². The average Bonchev–Trinajstić information content (AvgIpc) is 3.17. The smallest absolute Gasteiger partial charge is 0.162 e. The summed E-state index contributed by atoms with van der Waals surface area (Å²) in [6.07, 6.45) is 6.54. The average molecular weight is 405 g/mol. The Bertz CT molecular complexity index is 1070. The summed E-state index contributed by atoms with van der Waals surface area (Å²) in [4.78, 5) is 18.9. The molecular weight excluding hydrogens is 376 g/mol. The number of hydrogen-bond donors (Lipinski definition) is 2. The maximum atomic E-state index is 11.7. The van der Waals surface area contributed by atoms with Crippen LogP contribution < -0.4 is 16.0 Å². The molecule has 1 saturated heterocycles. The quantitative estimate of drug-likeness (QED) is 0.588. The lowest BCUT2D eigenvalue weighted by atomic mass is 10.1. The van der Waals surface area contributed by atoms with Gasteiger partial charge in [-0.05, 0) is 43.0 Å². The van der Waals surface area contributed by atoms with Crippen LogP contribution in [0.4, 0.5) is 17.3 Å². The lowest BCUT2D eigenvalue weighted by Gasteiger charge is -2.32. The van der Waals surface area contributed by atoms with Gasteiger partial charge in [0, 0.05) is 42.9 Å². The van der Waals surface area contributed by atoms with E-state index in [1.54, 1.807) is 0 Å². The first-order chi connectivity index (χ1) is 14.6. The molecule has 1 aliphatic heterocycles. The van der Waals surface area contributed by atoms with Crippen molar-refractivity contribution < 1.29 is 4.79 Å². The molecule has 156 valence electrons. The van der Waals surface area contributed by atoms with Crippen molar-refractivity contribution in [1.29, 1.82) is 0 Å². The minimum absolute atomic E-state index is 0.00170. The molecule has 3 aromatic rings. The number of nitrogens with one attached hydrogen (secondary N) is 1. The number of rotatable bonds is 7. The molecule has 3 N–H and O–H groups in total. The first kappa shape index (κ1) is 20.1. The number of benzene rings is 1. The largest absolute Gasteiger partial charge is 0.355 e. The van der Waals surface area contributed by atoms with E-state index in [2.05, 4.69) is 28.8 Å². The van der Waals surface area contributed by atoms with E-state index in [4.69, 9.17) is 10.7 Å². The van der Waals surface area contributed by atoms with Crippen LogP contribution in [0.5, 0.6) is 0 Å². The van der Waals surface area contributed by atoms with Crippen molar-refractivity contribution in [1.82, 2.24) is 14.6 Å². The predicted molar refractivity (Wildman–Crippen MR) is 120 cm³/mol. The number of nitrogens with two attached hydrogens (primary N) is 1. The first-order valence-electron chi connectivity index (χ1n) is 10.5. The van der Waals surface area contributed by atoms with E-state index < -0.39 is 0 Å². The number of ketones is 1. The van der Waals surface area contributed by atoms with Gasteiger partial charge in [-0.15, -0.1) is 0 Å². The Kier molecular flexibility index (Phi) is 5.81. The Balaban J connectivity index is 1.71. The lowest BCUT2D eigenvalue weighted by Crippen LogP contribution is -2.43. The Labute approximate surface area is 176 Å². The van der Waals surface area contributed by atoms with Gasteiger partial charge in [-0.1, -0.05) is 25.6 Å². The molecule has 0 spiro atoms. The highest BCUT2D eigenvalue weighted by molar-refractivity contribution is 5.91. The summed E-state index contributed by atoms with van der Waals surface area (Å²) in [7, 11) is 0. The number of carbonyl (C=O) groups is 1. The zero-order valence-electron chi connectivity index (χ0n) is 17.3. The van der Waals surface area contributed by atoms with Gasteiger partial charge in [0.1, 0.15) is 11.6 Å². The molecule has 30 heavy (non-hydrogen) atoms. The Morgan fingerprint density at radius 1 is 1.40 bits per heavy atom. The van der Waals surface area contributed by atoms with Crippen LogP contribution in [-0.4, -0.2) is 39.5 Å². The van der Waals surface area contributed by atoms with Crippen LogP contribution in [0.25, 0.3) is 5.65 Å². The van der Waals surface area contributed by atoms with Gasteiger partial charge in [0.25, 0.3) is 0 Å². The topological polar surface area (TPSA) is 88.5 Å². The number of piperidine rings is 1. The third-order valence-electron chi connectivity index (χ3n) is 5.50. The first-order valence-corrected chi connectivity index (χ1v) is 10.5. The molecule has 4 rings (SSSR count). The molecule has 1 fully saturated rings. The van der Waals surface area contributed by atoms with Crippen LogP contribution in [0.2, 0.25) is 0 Å². The zero-order valence-corrected chi connectivity index (χ0v) is 17.3. The Morgan fingerprint density at radius 2 is 2.27 bits per heavy atom. The fourth-order valence-corrected chi connectivity index (χ4v) is 3.89. The molecule has 7 nitrogen and oxygen atoms in total. The molecule has 0 bridgehead atoms. The van der Waals surface area contributed by atoms with E-state index >= 15 is 0 Å². The highest BCUT2D eigenvalue weighted by atomic mass is 16.1. The lowest BCUT2D eigenvalue weighted by molar-refractivity contribution is -0.114. The van der Waals surface area contributed by atoms with Crippen LogP contribution in [0, 0.1) is 0 Å². The van der Waals surface area contributed by atoms with Gasteiger partial charge >= 0.3 is 0 Å². The van der Waals surface area contributed by atoms with Gasteiger partial charge in [0.2, 0.25) is 0 Å². The van der Waals surface area contributed by atoms with Gasteiger partial charge in [-0.3, -0.25) is 4.79 Å². The van der Waals surface area contributed by atoms with Gasteiger partial charge in [-0.25, -0.2) is 4.98 Å². The molecule has 0 aliphatic carbocycles. The number of hydrogen-bond acceptors (Lipinski definition) is 6. The molecule has 1 atom stereocenters. The minimum Gasteiger partial charge on any atom is -0.355 e. The van der Waals surface area contributed by atoms with Crippen LogP contribution >= 0.6 is 0 Å². The highest BCUT2D eigenvalue weighted by Gasteiger charge is 2.20. The van der Waals surface area contributed by atoms with Crippen LogP contribution in [-0.2, 0) is 17.6 Å². The van der Waals surface area contributed by atoms with Crippen molar-refractivity contribution >= 4 is 28.8 Å². The number of nitrogens with zero attached hydrogens (tertiary/aromatic N) is 4. The summed E-state index contributed by atoms with van der Waals surface area (Å²) in [5.74, 6) is 1.75. The summed E-state index contributed by atoms with van der Waals surface area (Å²) in [5, 5.41) is 8.02. The van der Waals surface area contributed by atoms with Crippen LogP contribution in [0.15, 0.2) is 49.2 Å². The third-order valence-corrected chi connectivity index (χ3v) is 5.50. The maximum absolute atomic E-state index is 11.7. The summed E-state index contributed by atoms with van der Waals surface area (Å²) >= 11 is 0. The van der Waals surface area contributed by atoms with Crippen LogP contribution in [0.1, 0.15) is 30.9 Å². The summed E-state index contributed by atoms with van der Waals surface area (Å²) < 4.78 is 1.84. The number of aromatic nitrogens is 3. The molecule has 1 aliphatic rings. The Hall–Kier alpha value is -3.19. The molecule has 0 saturated carbocycles. The fourth-order valence-electron chi connectivity index (χ4n) is 3.89. The molecule has 7 heteroatoms. The normalized spacial score (nSPS) is 16.6. The van der Waals surface area contributed by atoms with Gasteiger partial charge in [0.15, 0.2) is 11.4 Å². The van der Waals surface area contributed by atoms with E-state index in [0.29, 0.717) is 6.42 Å². The maximum Gasteiger partial charge on any atom is 0.162 e. The number of anilines is 3. The third kappa shape index (κ3) is 4.21. The summed E-state index contributed by atoms with van der Waals surface area (Å²) in [5.41, 5.74) is 10.00. The van der Waals surface area contributed by atoms with Crippen LogP contribution in [0.3, 0.4) is 0 Å². The zero-order chi connectivity index (χ0) is 21.1. The fraction of sp³-hybridized carbons (Fsp3) is 0.348. The van der Waals surface area contributed by atoms with E-state index in [0.717, 1.165) is 66.4 Å². The highest BCUT2D eigenvalue weighted by Crippen LogP contribution is 2.26. The number of aryl methyl sites for hydroxylation is 1. The van der Waals surface area contributed by atoms with E-state index in [1.165, 1.54) is 6.08 Å². The number of fused-ring (bicyclic) bond motifs is 1. The second-order valence-electron chi connectivity index (χ2n) is 7.78. The molecule has 3 heterocycles. The van der Waals surface area contributed by atoms with Crippen molar-refractivity contribution in [3.05, 3.63) is 60.3 Å². The van der Waals surface area contributed by atoms with Crippen molar-refractivity contribution in [2.24, 2.45) is 5.73 Å². The summed E-state index contributed by atoms with van der Waals surface area (Å²) in [6.45, 7) is 7.41. The molecule has 0 radical (unpaired) electrons. The number of carbonyl (C=O) groups excluding carboxylic acids is 1. The predicted octanol–water partition coefficient (Wildman–Crippen LogP) is 3.26. The van der Waals surface area contributed by atoms with E-state index in [1.807, 2.05) is 41.0 Å². The molecular formula is C23H28N6O. The number of allylic oxidation sites excluding steroid dienone is 1. The van der Waals surface area contributed by atoms with E-state index in [9.17, 15) is 4.79 Å². The monoisotopic (exact) mass is 404 g/mol. The van der Waals surface area contributed by atoms with Crippen molar-refractivity contribution in [3.63, 3.8) is 0 Å². The second-order valence-corrected chi connectivity index (χ2v) is 7.78. The Morgan fingerprint density at radius 3 is 3.03 bits per heavy atom.